The number of ether oxygens (including phenoxy) is 1. The van der Waals surface area contributed by atoms with Crippen molar-refractivity contribution >= 4 is 5.91 Å². The molecule has 0 radical (unpaired) electrons. The van der Waals surface area contributed by atoms with E-state index in [2.05, 4.69) is 15.0 Å². The average Bonchev–Trinajstić information content (AvgIpc) is 2.81. The molecule has 24 heavy (non-hydrogen) atoms. The highest BCUT2D eigenvalue weighted by Crippen LogP contribution is 2.13. The summed E-state index contributed by atoms with van der Waals surface area (Å²) in [6.07, 6.45) is 5.51. The monoisotopic (exact) mass is 331 g/mol. The molecule has 1 aliphatic rings. The first-order chi connectivity index (χ1) is 11.6. The number of amides is 1. The minimum Gasteiger partial charge on any atom is -0.379 e. The molecule has 1 aliphatic heterocycles. The van der Waals surface area contributed by atoms with Gasteiger partial charge in [-0.15, -0.1) is 0 Å². The van der Waals surface area contributed by atoms with E-state index in [0.717, 1.165) is 5.82 Å². The van der Waals surface area contributed by atoms with Gasteiger partial charge in [-0.3, -0.25) is 9.59 Å². The minimum absolute atomic E-state index is 0.0467. The van der Waals surface area contributed by atoms with Crippen LogP contribution in [0.1, 0.15) is 11.5 Å². The lowest BCUT2D eigenvalue weighted by molar-refractivity contribution is -0.132. The van der Waals surface area contributed by atoms with Crippen LogP contribution in [0.25, 0.3) is 0 Å². The lowest BCUT2D eigenvalue weighted by Gasteiger charge is -2.24. The van der Waals surface area contributed by atoms with Crippen molar-refractivity contribution in [3.8, 4) is 0 Å². The van der Waals surface area contributed by atoms with E-state index in [1.807, 2.05) is 16.4 Å². The molecule has 3 heterocycles. The van der Waals surface area contributed by atoms with E-state index in [0.29, 0.717) is 38.4 Å². The Morgan fingerprint density at radius 3 is 3.08 bits per heavy atom. The number of H-pyrrole nitrogens is 1. The molecule has 2 aromatic heterocycles. The van der Waals surface area contributed by atoms with Crippen LogP contribution in [-0.4, -0.2) is 56.6 Å². The average molecular weight is 331 g/mol. The summed E-state index contributed by atoms with van der Waals surface area (Å²) < 4.78 is 7.46. The number of imidazole rings is 1. The lowest BCUT2D eigenvalue weighted by atomic mass is 10.0. The third kappa shape index (κ3) is 4.08. The molecule has 1 atom stereocenters. The summed E-state index contributed by atoms with van der Waals surface area (Å²) in [6.45, 7) is 4.41. The molecule has 0 spiro atoms. The van der Waals surface area contributed by atoms with Crippen LogP contribution in [0.3, 0.4) is 0 Å². The molecule has 2 aromatic rings. The van der Waals surface area contributed by atoms with Gasteiger partial charge in [0.2, 0.25) is 5.91 Å². The second-order valence-electron chi connectivity index (χ2n) is 5.99. The van der Waals surface area contributed by atoms with E-state index >= 15 is 0 Å². The minimum atomic E-state index is -0.168. The first-order valence-electron chi connectivity index (χ1n) is 7.98. The van der Waals surface area contributed by atoms with Crippen LogP contribution < -0.4 is 5.56 Å². The number of aromatic nitrogens is 4. The summed E-state index contributed by atoms with van der Waals surface area (Å²) in [6, 6.07) is 1.49. The summed E-state index contributed by atoms with van der Waals surface area (Å²) in [5.41, 5.74) is 0.546. The molecule has 0 unspecified atom stereocenters. The zero-order valence-electron chi connectivity index (χ0n) is 13.6. The van der Waals surface area contributed by atoms with E-state index in [9.17, 15) is 9.59 Å². The Hall–Kier alpha value is -2.48. The lowest BCUT2D eigenvalue weighted by Crippen LogP contribution is -2.38. The summed E-state index contributed by atoms with van der Waals surface area (Å²) in [7, 11) is 0. The van der Waals surface area contributed by atoms with E-state index in [4.69, 9.17) is 4.74 Å². The van der Waals surface area contributed by atoms with Gasteiger partial charge in [-0.1, -0.05) is 0 Å². The molecule has 1 saturated heterocycles. The Balaban J connectivity index is 1.64. The second kappa shape index (κ2) is 7.39. The molecule has 0 aromatic carbocycles. The highest BCUT2D eigenvalue weighted by Gasteiger charge is 2.23. The largest absolute Gasteiger partial charge is 0.379 e. The van der Waals surface area contributed by atoms with Crippen LogP contribution >= 0.6 is 0 Å². The molecule has 0 bridgehead atoms. The van der Waals surface area contributed by atoms with Crippen LogP contribution in [0, 0.1) is 12.8 Å². The van der Waals surface area contributed by atoms with Gasteiger partial charge >= 0.3 is 0 Å². The highest BCUT2D eigenvalue weighted by atomic mass is 16.5. The molecule has 1 N–H and O–H groups in total. The van der Waals surface area contributed by atoms with Gasteiger partial charge in [-0.25, -0.2) is 9.97 Å². The van der Waals surface area contributed by atoms with Gasteiger partial charge in [-0.05, 0) is 13.3 Å². The van der Waals surface area contributed by atoms with Gasteiger partial charge < -0.3 is 19.2 Å². The second-order valence-corrected chi connectivity index (χ2v) is 5.99. The van der Waals surface area contributed by atoms with Gasteiger partial charge in [0.25, 0.3) is 5.56 Å². The van der Waals surface area contributed by atoms with Crippen molar-refractivity contribution in [3.05, 3.63) is 46.7 Å². The summed E-state index contributed by atoms with van der Waals surface area (Å²) in [4.78, 5) is 36.6. The Morgan fingerprint density at radius 2 is 2.33 bits per heavy atom. The number of rotatable bonds is 4. The standard InChI is InChI=1S/C16H21N5O3/c1-12-17-2-3-20(12)9-16(23)21-4-5-24-10-13(8-21)6-14-7-15(22)19-11-18-14/h2-3,7,11,13H,4-6,8-10H2,1H3,(H,18,19,22)/t13-/m1/s1. The van der Waals surface area contributed by atoms with Gasteiger partial charge in [0.05, 0.1) is 19.5 Å². The van der Waals surface area contributed by atoms with Gasteiger partial charge in [-0.2, -0.15) is 0 Å². The molecule has 8 nitrogen and oxygen atoms in total. The van der Waals surface area contributed by atoms with E-state index in [1.165, 1.54) is 12.4 Å². The van der Waals surface area contributed by atoms with Crippen LogP contribution in [0.15, 0.2) is 29.6 Å². The molecule has 8 heteroatoms. The number of nitrogens with one attached hydrogen (secondary N) is 1. The maximum atomic E-state index is 12.6. The smallest absolute Gasteiger partial charge is 0.250 e. The fourth-order valence-corrected chi connectivity index (χ4v) is 2.86. The van der Waals surface area contributed by atoms with Crippen LogP contribution in [0.2, 0.25) is 0 Å². The van der Waals surface area contributed by atoms with E-state index < -0.39 is 0 Å². The van der Waals surface area contributed by atoms with Crippen LogP contribution in [0.5, 0.6) is 0 Å². The highest BCUT2D eigenvalue weighted by molar-refractivity contribution is 5.76. The zero-order chi connectivity index (χ0) is 16.9. The van der Waals surface area contributed by atoms with Crippen LogP contribution in [-0.2, 0) is 22.5 Å². The predicted octanol–water partition coefficient (Wildman–Crippen LogP) is -0.00748. The first-order valence-corrected chi connectivity index (χ1v) is 7.98. The van der Waals surface area contributed by atoms with Gasteiger partial charge in [0.15, 0.2) is 0 Å². The SMILES string of the molecule is Cc1nccn1CC(=O)N1CCOC[C@H](Cc2cc(=O)[nH]cn2)C1. The molecule has 1 amide bonds. The predicted molar refractivity (Wildman–Crippen MR) is 86.4 cm³/mol. The normalized spacial score (nSPS) is 18.4. The molecule has 128 valence electrons. The Bertz CT molecular complexity index is 754. The maximum Gasteiger partial charge on any atom is 0.250 e. The Kier molecular flexibility index (Phi) is 5.05. The van der Waals surface area contributed by atoms with Gasteiger partial charge in [0.1, 0.15) is 12.4 Å². The molecule has 0 aliphatic carbocycles. The number of carbonyl (C=O) groups is 1. The Morgan fingerprint density at radius 1 is 1.46 bits per heavy atom. The van der Waals surface area contributed by atoms with Gasteiger partial charge in [0, 0.05) is 43.2 Å². The quantitative estimate of drug-likeness (QED) is 0.851. The summed E-state index contributed by atoms with van der Waals surface area (Å²) >= 11 is 0. The molecule has 1 fully saturated rings. The number of aromatic amines is 1. The molecular formula is C16H21N5O3. The number of hydrogen-bond donors (Lipinski definition) is 1. The van der Waals surface area contributed by atoms with Crippen LogP contribution in [0.4, 0.5) is 0 Å². The van der Waals surface area contributed by atoms with Crippen molar-refractivity contribution in [2.75, 3.05) is 26.3 Å². The molecule has 3 rings (SSSR count). The number of aryl methyl sites for hydroxylation is 1. The number of hydrogen-bond acceptors (Lipinski definition) is 5. The topological polar surface area (TPSA) is 93.1 Å². The number of nitrogens with zero attached hydrogens (tertiary/aromatic N) is 4. The zero-order valence-corrected chi connectivity index (χ0v) is 13.6. The third-order valence-corrected chi connectivity index (χ3v) is 4.15. The Labute approximate surface area is 139 Å². The molecule has 0 saturated carbocycles. The van der Waals surface area contributed by atoms with Crippen molar-refractivity contribution in [2.24, 2.45) is 5.92 Å². The van der Waals surface area contributed by atoms with Crippen molar-refractivity contribution < 1.29 is 9.53 Å². The maximum absolute atomic E-state index is 12.6. The molecular weight excluding hydrogens is 310 g/mol. The summed E-state index contributed by atoms with van der Waals surface area (Å²) in [5.74, 6) is 0.985. The van der Waals surface area contributed by atoms with E-state index in [-0.39, 0.29) is 23.9 Å². The summed E-state index contributed by atoms with van der Waals surface area (Å²) in [5, 5.41) is 0. The first kappa shape index (κ1) is 16.4. The third-order valence-electron chi connectivity index (χ3n) is 4.15. The van der Waals surface area contributed by atoms with Crippen molar-refractivity contribution in [1.82, 2.24) is 24.4 Å². The fourth-order valence-electron chi connectivity index (χ4n) is 2.86. The van der Waals surface area contributed by atoms with Crippen molar-refractivity contribution in [2.45, 2.75) is 19.9 Å². The number of carbonyl (C=O) groups excluding carboxylic acids is 1. The van der Waals surface area contributed by atoms with Crippen molar-refractivity contribution in [3.63, 3.8) is 0 Å². The van der Waals surface area contributed by atoms with E-state index in [1.54, 1.807) is 12.4 Å². The van der Waals surface area contributed by atoms with Crippen molar-refractivity contribution in [1.29, 1.82) is 0 Å². The fraction of sp³-hybridized carbons (Fsp3) is 0.500.